The van der Waals surface area contributed by atoms with Gasteiger partial charge in [-0.2, -0.15) is 0 Å². The first-order valence-electron chi connectivity index (χ1n) is 6.15. The molecular weight excluding hydrogens is 310 g/mol. The van der Waals surface area contributed by atoms with Gasteiger partial charge in [0.2, 0.25) is 0 Å². The second-order valence-corrected chi connectivity index (χ2v) is 4.64. The summed E-state index contributed by atoms with van der Waals surface area (Å²) in [5, 5.41) is 15.8. The van der Waals surface area contributed by atoms with Crippen LogP contribution in [-0.4, -0.2) is 18.1 Å². The number of hydrogen-bond acceptors (Lipinski definition) is 4. The highest BCUT2D eigenvalue weighted by Crippen LogP contribution is 2.26. The molecule has 2 N–H and O–H groups in total. The van der Waals surface area contributed by atoms with Gasteiger partial charge in [-0.25, -0.2) is 4.79 Å². The lowest BCUT2D eigenvalue weighted by Crippen LogP contribution is -2.19. The summed E-state index contributed by atoms with van der Waals surface area (Å²) in [5.41, 5.74) is 0.659. The number of carbonyl (C=O) groups excluding carboxylic acids is 1. The van der Waals surface area contributed by atoms with E-state index in [2.05, 4.69) is 10.6 Å². The number of carbonyl (C=O) groups is 1. The Bertz CT molecular complexity index is 721. The minimum Gasteiger partial charge on any atom is -0.497 e. The quantitative estimate of drug-likeness (QED) is 0.659. The molecule has 22 heavy (non-hydrogen) atoms. The molecule has 0 saturated carbocycles. The Morgan fingerprint density at radius 3 is 2.64 bits per heavy atom. The van der Waals surface area contributed by atoms with E-state index in [0.717, 1.165) is 0 Å². The average Bonchev–Trinajstić information content (AvgIpc) is 2.49. The fraction of sp³-hybridized carbons (Fsp3) is 0.0714. The van der Waals surface area contributed by atoms with Crippen LogP contribution in [0.3, 0.4) is 0 Å². The largest absolute Gasteiger partial charge is 0.497 e. The molecule has 0 fully saturated rings. The molecule has 0 aromatic heterocycles. The molecule has 2 rings (SSSR count). The number of nitrogens with zero attached hydrogens (tertiary/aromatic N) is 1. The van der Waals surface area contributed by atoms with Crippen LogP contribution in [0.2, 0.25) is 5.02 Å². The van der Waals surface area contributed by atoms with Gasteiger partial charge in [0.1, 0.15) is 5.75 Å². The summed E-state index contributed by atoms with van der Waals surface area (Å²) in [5.74, 6) is 0.603. The fourth-order valence-electron chi connectivity index (χ4n) is 1.70. The molecule has 0 aliphatic heterocycles. The Morgan fingerprint density at radius 2 is 2.00 bits per heavy atom. The van der Waals surface area contributed by atoms with Gasteiger partial charge in [0.25, 0.3) is 5.69 Å². The smallest absolute Gasteiger partial charge is 0.323 e. The number of benzene rings is 2. The maximum Gasteiger partial charge on any atom is 0.323 e. The van der Waals surface area contributed by atoms with Crippen molar-refractivity contribution in [2.45, 2.75) is 0 Å². The van der Waals surface area contributed by atoms with Gasteiger partial charge >= 0.3 is 6.03 Å². The Morgan fingerprint density at radius 1 is 1.23 bits per heavy atom. The standard InChI is InChI=1S/C14H12ClN3O4/c1-22-11-4-2-3-9(7-11)16-14(19)17-13-6-5-10(18(20)21)8-12(13)15/h2-8H,1H3,(H2,16,17,19). The molecule has 0 heterocycles. The molecule has 2 aromatic rings. The monoisotopic (exact) mass is 321 g/mol. The number of ether oxygens (including phenoxy) is 1. The van der Waals surface area contributed by atoms with Crippen LogP contribution >= 0.6 is 11.6 Å². The van der Waals surface area contributed by atoms with E-state index >= 15 is 0 Å². The van der Waals surface area contributed by atoms with Crippen molar-refractivity contribution >= 4 is 34.7 Å². The highest BCUT2D eigenvalue weighted by Gasteiger charge is 2.11. The molecule has 0 aliphatic rings. The van der Waals surface area contributed by atoms with E-state index in [1.165, 1.54) is 25.3 Å². The molecule has 0 radical (unpaired) electrons. The number of nitro benzene ring substituents is 1. The zero-order valence-electron chi connectivity index (χ0n) is 11.5. The van der Waals surface area contributed by atoms with E-state index in [1.54, 1.807) is 24.3 Å². The molecule has 0 spiro atoms. The number of non-ortho nitro benzene ring substituents is 1. The molecule has 0 bridgehead atoms. The van der Waals surface area contributed by atoms with Crippen LogP contribution in [-0.2, 0) is 0 Å². The summed E-state index contributed by atoms with van der Waals surface area (Å²) in [6, 6.07) is 10.1. The van der Waals surface area contributed by atoms with Crippen molar-refractivity contribution in [3.8, 4) is 5.75 Å². The van der Waals surface area contributed by atoms with Crippen molar-refractivity contribution in [1.29, 1.82) is 0 Å². The van der Waals surface area contributed by atoms with Gasteiger partial charge in [0.15, 0.2) is 0 Å². The van der Waals surface area contributed by atoms with Crippen LogP contribution in [0.5, 0.6) is 5.75 Å². The fourth-order valence-corrected chi connectivity index (χ4v) is 1.93. The molecule has 8 heteroatoms. The minimum atomic E-state index is -0.564. The average molecular weight is 322 g/mol. The number of anilines is 2. The molecule has 2 aromatic carbocycles. The third kappa shape index (κ3) is 3.86. The third-order valence-electron chi connectivity index (χ3n) is 2.74. The van der Waals surface area contributed by atoms with Gasteiger partial charge in [0.05, 0.1) is 22.7 Å². The molecule has 2 amide bonds. The molecular formula is C14H12ClN3O4. The highest BCUT2D eigenvalue weighted by atomic mass is 35.5. The van der Waals surface area contributed by atoms with Crippen molar-refractivity contribution in [2.24, 2.45) is 0 Å². The summed E-state index contributed by atoms with van der Waals surface area (Å²) < 4.78 is 5.05. The molecule has 0 atom stereocenters. The highest BCUT2D eigenvalue weighted by molar-refractivity contribution is 6.34. The normalized spacial score (nSPS) is 9.91. The third-order valence-corrected chi connectivity index (χ3v) is 3.05. The van der Waals surface area contributed by atoms with Gasteiger partial charge in [-0.1, -0.05) is 17.7 Å². The van der Waals surface area contributed by atoms with Crippen LogP contribution in [0.1, 0.15) is 0 Å². The van der Waals surface area contributed by atoms with E-state index in [0.29, 0.717) is 11.4 Å². The number of urea groups is 1. The zero-order valence-corrected chi connectivity index (χ0v) is 12.3. The van der Waals surface area contributed by atoms with Crippen molar-refractivity contribution in [3.63, 3.8) is 0 Å². The molecule has 7 nitrogen and oxygen atoms in total. The Kier molecular flexibility index (Phi) is 4.80. The SMILES string of the molecule is COc1cccc(NC(=O)Nc2ccc([N+](=O)[O-])cc2Cl)c1. The van der Waals surface area contributed by atoms with E-state index < -0.39 is 11.0 Å². The van der Waals surface area contributed by atoms with Crippen LogP contribution in [0.4, 0.5) is 21.9 Å². The summed E-state index contributed by atoms with van der Waals surface area (Å²) in [6.45, 7) is 0. The lowest BCUT2D eigenvalue weighted by Gasteiger charge is -2.09. The lowest BCUT2D eigenvalue weighted by atomic mass is 10.3. The molecule has 0 unspecified atom stereocenters. The van der Waals surface area contributed by atoms with E-state index in [4.69, 9.17) is 16.3 Å². The number of nitrogens with one attached hydrogen (secondary N) is 2. The molecule has 0 saturated heterocycles. The molecule has 0 aliphatic carbocycles. The van der Waals surface area contributed by atoms with E-state index in [-0.39, 0.29) is 16.4 Å². The number of rotatable bonds is 4. The second-order valence-electron chi connectivity index (χ2n) is 4.23. The predicted molar refractivity (Wildman–Crippen MR) is 83.7 cm³/mol. The summed E-state index contributed by atoms with van der Waals surface area (Å²) in [6.07, 6.45) is 0. The van der Waals surface area contributed by atoms with E-state index in [1.807, 2.05) is 0 Å². The van der Waals surface area contributed by atoms with E-state index in [9.17, 15) is 14.9 Å². The maximum atomic E-state index is 11.9. The van der Waals surface area contributed by atoms with Crippen LogP contribution in [0.15, 0.2) is 42.5 Å². The summed E-state index contributed by atoms with van der Waals surface area (Å²) in [7, 11) is 1.52. The Hall–Kier alpha value is -2.80. The number of halogens is 1. The summed E-state index contributed by atoms with van der Waals surface area (Å²) in [4.78, 5) is 22.0. The summed E-state index contributed by atoms with van der Waals surface area (Å²) >= 11 is 5.90. The van der Waals surface area contributed by atoms with Crippen LogP contribution < -0.4 is 15.4 Å². The first kappa shape index (κ1) is 15.6. The minimum absolute atomic E-state index is 0.0787. The maximum absolute atomic E-state index is 11.9. The zero-order chi connectivity index (χ0) is 16.1. The van der Waals surface area contributed by atoms with Crippen LogP contribution in [0, 0.1) is 10.1 Å². The lowest BCUT2D eigenvalue weighted by molar-refractivity contribution is -0.384. The second kappa shape index (κ2) is 6.77. The number of amides is 2. The van der Waals surface area contributed by atoms with Crippen molar-refractivity contribution in [2.75, 3.05) is 17.7 Å². The predicted octanol–water partition coefficient (Wildman–Crippen LogP) is 3.90. The van der Waals surface area contributed by atoms with Crippen LogP contribution in [0.25, 0.3) is 0 Å². The molecule has 114 valence electrons. The van der Waals surface area contributed by atoms with Gasteiger partial charge in [-0.3, -0.25) is 10.1 Å². The number of methoxy groups -OCH3 is 1. The van der Waals surface area contributed by atoms with Gasteiger partial charge in [0, 0.05) is 23.9 Å². The van der Waals surface area contributed by atoms with Gasteiger partial charge in [-0.05, 0) is 18.2 Å². The van der Waals surface area contributed by atoms with Crippen molar-refractivity contribution in [3.05, 3.63) is 57.6 Å². The Labute approximate surface area is 131 Å². The van der Waals surface area contributed by atoms with Gasteiger partial charge in [-0.15, -0.1) is 0 Å². The van der Waals surface area contributed by atoms with Gasteiger partial charge < -0.3 is 15.4 Å². The van der Waals surface area contributed by atoms with Crippen molar-refractivity contribution in [1.82, 2.24) is 0 Å². The number of nitro groups is 1. The first-order valence-corrected chi connectivity index (χ1v) is 6.53. The topological polar surface area (TPSA) is 93.5 Å². The van der Waals surface area contributed by atoms with Crippen molar-refractivity contribution < 1.29 is 14.5 Å². The Balaban J connectivity index is 2.07. The number of hydrogen-bond donors (Lipinski definition) is 2. The first-order chi connectivity index (χ1) is 10.5.